The number of ether oxygens (including phenoxy) is 4. The molecular formula is C36H56N4O7Si. The molecule has 2 amide bonds. The van der Waals surface area contributed by atoms with Crippen molar-refractivity contribution in [1.29, 1.82) is 0 Å². The lowest BCUT2D eigenvalue weighted by atomic mass is 9.91. The molecule has 1 aromatic heterocycles. The topological polar surface area (TPSA) is 130 Å². The van der Waals surface area contributed by atoms with Gasteiger partial charge in [0, 0.05) is 44.7 Å². The van der Waals surface area contributed by atoms with Gasteiger partial charge in [0.25, 0.3) is 0 Å². The van der Waals surface area contributed by atoms with Crippen LogP contribution in [0.1, 0.15) is 65.8 Å². The van der Waals surface area contributed by atoms with Gasteiger partial charge in [0.05, 0.1) is 18.7 Å². The molecule has 2 rings (SSSR count). The summed E-state index contributed by atoms with van der Waals surface area (Å²) in [5.41, 5.74) is 1.62. The number of esters is 1. The summed E-state index contributed by atoms with van der Waals surface area (Å²) < 4.78 is 23.9. The van der Waals surface area contributed by atoms with E-state index in [-0.39, 0.29) is 5.97 Å². The van der Waals surface area contributed by atoms with Crippen LogP contribution in [0.3, 0.4) is 0 Å². The molecule has 1 heterocycles. The van der Waals surface area contributed by atoms with E-state index in [1.165, 1.54) is 7.11 Å². The second-order valence-electron chi connectivity index (χ2n) is 14.9. The number of anilines is 1. The van der Waals surface area contributed by atoms with Gasteiger partial charge in [0.2, 0.25) is 0 Å². The number of carbonyl (C=O) groups excluding carboxylic acids is 3. The first-order chi connectivity index (χ1) is 22.3. The number of imidazole rings is 1. The van der Waals surface area contributed by atoms with E-state index in [1.54, 1.807) is 18.3 Å². The average molecular weight is 685 g/mol. The molecule has 48 heavy (non-hydrogen) atoms. The fourth-order valence-electron chi connectivity index (χ4n) is 4.54. The SMILES string of the molecule is C=CCC(Cc1cc(NC(=O)OC)ccc1-c1cn(COCC[Si](C)(C)C)c(CCC=CNC(=O)OC(C)(C)C)n1)C(=O)OC(C)(C)C. The summed E-state index contributed by atoms with van der Waals surface area (Å²) in [6.45, 7) is 22.7. The molecule has 1 atom stereocenters. The van der Waals surface area contributed by atoms with Crippen molar-refractivity contribution < 1.29 is 33.3 Å². The number of alkyl carbamates (subject to hydrolysis) is 1. The number of nitrogens with zero attached hydrogens (tertiary/aromatic N) is 2. The van der Waals surface area contributed by atoms with Crippen LogP contribution in [0.2, 0.25) is 25.7 Å². The Kier molecular flexibility index (Phi) is 15.1. The lowest BCUT2D eigenvalue weighted by molar-refractivity contribution is -0.159. The highest BCUT2D eigenvalue weighted by atomic mass is 28.3. The zero-order valence-corrected chi connectivity index (χ0v) is 31.5. The Morgan fingerprint density at radius 2 is 1.73 bits per heavy atom. The lowest BCUT2D eigenvalue weighted by Crippen LogP contribution is -2.29. The Morgan fingerprint density at radius 3 is 2.33 bits per heavy atom. The van der Waals surface area contributed by atoms with E-state index in [1.807, 2.05) is 70.5 Å². The van der Waals surface area contributed by atoms with Gasteiger partial charge in [-0.25, -0.2) is 14.6 Å². The third-order valence-corrected chi connectivity index (χ3v) is 8.51. The molecule has 0 aliphatic carbocycles. The molecule has 0 aliphatic rings. The number of rotatable bonds is 16. The summed E-state index contributed by atoms with van der Waals surface area (Å²) in [5, 5.41) is 5.36. The maximum Gasteiger partial charge on any atom is 0.411 e. The van der Waals surface area contributed by atoms with Crippen LogP contribution < -0.4 is 10.6 Å². The van der Waals surface area contributed by atoms with Crippen molar-refractivity contribution >= 4 is 31.9 Å². The standard InChI is InChI=1S/C36H56N4O7Si/c1-12-15-26(32(41)46-35(2,3)4)22-27-23-28(38-34(43)44-8)17-18-29(27)30-24-40(25-45-20-21-48(9,10)11)31(39-30)16-13-14-19-37-33(42)47-36(5,6)7/h12,14,17-19,23-24,26H,1,13,15-16,20-22,25H2,2-11H3,(H,37,42)(H,38,43). The summed E-state index contributed by atoms with van der Waals surface area (Å²) in [4.78, 5) is 42.3. The van der Waals surface area contributed by atoms with E-state index < -0.39 is 37.4 Å². The van der Waals surface area contributed by atoms with Crippen molar-refractivity contribution in [2.24, 2.45) is 5.92 Å². The Balaban J connectivity index is 2.45. The number of allylic oxidation sites excluding steroid dienone is 2. The first-order valence-corrected chi connectivity index (χ1v) is 20.1. The molecular weight excluding hydrogens is 629 g/mol. The maximum absolute atomic E-state index is 13.2. The first-order valence-electron chi connectivity index (χ1n) is 16.4. The Labute approximate surface area is 287 Å². The number of amides is 2. The molecule has 0 saturated carbocycles. The zero-order chi connectivity index (χ0) is 36.1. The van der Waals surface area contributed by atoms with E-state index in [2.05, 4.69) is 36.9 Å². The molecule has 1 unspecified atom stereocenters. The number of hydrogen-bond acceptors (Lipinski definition) is 8. The molecule has 0 radical (unpaired) electrons. The van der Waals surface area contributed by atoms with Crippen LogP contribution in [0.15, 0.2) is 49.3 Å². The van der Waals surface area contributed by atoms with Gasteiger partial charge in [-0.05, 0) is 84.5 Å². The van der Waals surface area contributed by atoms with Crippen LogP contribution >= 0.6 is 0 Å². The largest absolute Gasteiger partial charge is 0.460 e. The molecule has 12 heteroatoms. The van der Waals surface area contributed by atoms with Crippen molar-refractivity contribution in [2.75, 3.05) is 19.0 Å². The van der Waals surface area contributed by atoms with Crippen LogP contribution in [0.4, 0.5) is 15.3 Å². The normalized spacial score (nSPS) is 12.8. The van der Waals surface area contributed by atoms with Crippen LogP contribution in [0, 0.1) is 5.92 Å². The van der Waals surface area contributed by atoms with Crippen molar-refractivity contribution in [2.45, 2.75) is 111 Å². The quantitative estimate of drug-likeness (QED) is 0.0597. The minimum atomic E-state index is -1.27. The lowest BCUT2D eigenvalue weighted by Gasteiger charge is -2.24. The minimum Gasteiger partial charge on any atom is -0.460 e. The summed E-state index contributed by atoms with van der Waals surface area (Å²) in [7, 11) is 0.0283. The number of aryl methyl sites for hydroxylation is 1. The molecule has 1 aromatic carbocycles. The average Bonchev–Trinajstić information content (AvgIpc) is 3.35. The van der Waals surface area contributed by atoms with E-state index >= 15 is 0 Å². The minimum absolute atomic E-state index is 0.325. The van der Waals surface area contributed by atoms with Gasteiger partial charge in [0.1, 0.15) is 23.8 Å². The summed E-state index contributed by atoms with van der Waals surface area (Å²) >= 11 is 0. The monoisotopic (exact) mass is 684 g/mol. The molecule has 2 N–H and O–H groups in total. The first kappa shape index (κ1) is 40.3. The van der Waals surface area contributed by atoms with Gasteiger partial charge in [-0.1, -0.05) is 37.9 Å². The van der Waals surface area contributed by atoms with E-state index in [9.17, 15) is 14.4 Å². The van der Waals surface area contributed by atoms with Gasteiger partial charge < -0.3 is 23.5 Å². The summed E-state index contributed by atoms with van der Waals surface area (Å²) in [6, 6.07) is 6.53. The van der Waals surface area contributed by atoms with Crippen LogP contribution in [-0.4, -0.2) is 60.7 Å². The highest BCUT2D eigenvalue weighted by Crippen LogP contribution is 2.30. The maximum atomic E-state index is 13.2. The molecule has 0 saturated heterocycles. The fraction of sp³-hybridized carbons (Fsp3) is 0.556. The highest BCUT2D eigenvalue weighted by Gasteiger charge is 2.26. The second-order valence-corrected chi connectivity index (χ2v) is 20.5. The van der Waals surface area contributed by atoms with Crippen LogP contribution in [-0.2, 0) is 43.3 Å². The number of hydrogen-bond donors (Lipinski definition) is 2. The Morgan fingerprint density at radius 1 is 1.04 bits per heavy atom. The Hall–Kier alpha value is -3.90. The molecule has 0 spiro atoms. The molecule has 0 aliphatic heterocycles. The van der Waals surface area contributed by atoms with Crippen molar-refractivity contribution in [3.05, 3.63) is 60.7 Å². The predicted molar refractivity (Wildman–Crippen MR) is 192 cm³/mol. The van der Waals surface area contributed by atoms with Crippen molar-refractivity contribution in [1.82, 2.24) is 14.9 Å². The van der Waals surface area contributed by atoms with Gasteiger partial charge >= 0.3 is 18.2 Å². The Bertz CT molecular complexity index is 1410. The third kappa shape index (κ3) is 15.3. The third-order valence-electron chi connectivity index (χ3n) is 6.81. The number of benzene rings is 1. The number of aromatic nitrogens is 2. The van der Waals surface area contributed by atoms with Crippen molar-refractivity contribution in [3.8, 4) is 11.3 Å². The molecule has 266 valence electrons. The highest BCUT2D eigenvalue weighted by molar-refractivity contribution is 6.76. The molecule has 11 nitrogen and oxygen atoms in total. The smallest absolute Gasteiger partial charge is 0.411 e. The number of carbonyl (C=O) groups is 3. The van der Waals surface area contributed by atoms with Crippen LogP contribution in [0.5, 0.6) is 0 Å². The van der Waals surface area contributed by atoms with Crippen molar-refractivity contribution in [3.63, 3.8) is 0 Å². The second kappa shape index (κ2) is 18.0. The zero-order valence-electron chi connectivity index (χ0n) is 30.5. The molecule has 0 fully saturated rings. The van der Waals surface area contributed by atoms with E-state index in [0.717, 1.165) is 23.0 Å². The molecule has 2 aromatic rings. The number of nitrogens with one attached hydrogen (secondary N) is 2. The van der Waals surface area contributed by atoms with Gasteiger partial charge in [-0.3, -0.25) is 15.4 Å². The molecule has 0 bridgehead atoms. The fourth-order valence-corrected chi connectivity index (χ4v) is 5.30. The summed E-state index contributed by atoms with van der Waals surface area (Å²) in [5.74, 6) is -0.0196. The summed E-state index contributed by atoms with van der Waals surface area (Å²) in [6.07, 6.45) is 7.92. The predicted octanol–water partition coefficient (Wildman–Crippen LogP) is 8.09. The van der Waals surface area contributed by atoms with E-state index in [0.29, 0.717) is 50.4 Å². The van der Waals surface area contributed by atoms with Gasteiger partial charge in [-0.2, -0.15) is 0 Å². The van der Waals surface area contributed by atoms with E-state index in [4.69, 9.17) is 23.9 Å². The van der Waals surface area contributed by atoms with Gasteiger partial charge in [-0.15, -0.1) is 6.58 Å². The number of methoxy groups -OCH3 is 1. The van der Waals surface area contributed by atoms with Crippen LogP contribution in [0.25, 0.3) is 11.3 Å². The van der Waals surface area contributed by atoms with Gasteiger partial charge in [0.15, 0.2) is 0 Å².